The van der Waals surface area contributed by atoms with E-state index in [2.05, 4.69) is 25.7 Å². The smallest absolute Gasteiger partial charge is 0.241 e. The quantitative estimate of drug-likeness (QED) is 0.388. The second-order valence-electron chi connectivity index (χ2n) is 6.30. The molecule has 0 fully saturated rings. The summed E-state index contributed by atoms with van der Waals surface area (Å²) in [6, 6.07) is 6.08. The van der Waals surface area contributed by atoms with E-state index in [1.54, 1.807) is 13.1 Å². The van der Waals surface area contributed by atoms with E-state index in [4.69, 9.17) is 10.5 Å². The summed E-state index contributed by atoms with van der Waals surface area (Å²) in [5, 5.41) is 16.3. The van der Waals surface area contributed by atoms with Crippen molar-refractivity contribution in [1.82, 2.24) is 0 Å². The Morgan fingerprint density at radius 2 is 1.22 bits per heavy atom. The second-order valence-corrected chi connectivity index (χ2v) is 15.9. The molecule has 0 aliphatic rings. The minimum atomic E-state index is -2.35. The van der Waals surface area contributed by atoms with Gasteiger partial charge in [-0.05, 0) is 32.0 Å². The van der Waals surface area contributed by atoms with E-state index in [1.165, 1.54) is 6.04 Å². The normalized spacial score (nSPS) is 10.9. The number of nitrogens with zero attached hydrogens (tertiary/aromatic N) is 2. The fraction of sp³-hybridized carbons (Fsp3) is 0.846. The fourth-order valence-corrected chi connectivity index (χ4v) is 3.54. The van der Waals surface area contributed by atoms with E-state index in [0.29, 0.717) is 12.5 Å². The lowest BCUT2D eigenvalue weighted by molar-refractivity contribution is 0.764. The molecule has 0 aliphatic carbocycles. The molecule has 0 saturated heterocycles. The minimum absolute atomic E-state index is 0.500. The maximum atomic E-state index is 12.7. The molecule has 5 heteroatoms. The Kier molecular flexibility index (Phi) is 11.2. The van der Waals surface area contributed by atoms with Gasteiger partial charge in [0.1, 0.15) is 0 Å². The Hall–Kier alpha value is -0.656. The molecule has 0 unspecified atom stereocenters. The number of unbranched alkanes of at least 4 members (excludes halogenated alkanes) is 2. The Morgan fingerprint density at radius 3 is 1.50 bits per heavy atom. The number of hydrogen-bond acceptors (Lipinski definition) is 2. The van der Waals surface area contributed by atoms with Crippen LogP contribution in [0.2, 0.25) is 44.8 Å². The van der Waals surface area contributed by atoms with Crippen LogP contribution in [0, 0.1) is 22.7 Å². The van der Waals surface area contributed by atoms with Crippen molar-refractivity contribution in [3.8, 4) is 12.1 Å². The summed E-state index contributed by atoms with van der Waals surface area (Å²) in [7, 11) is -3.19. The average molecular weight is 287 g/mol. The van der Waals surface area contributed by atoms with Crippen molar-refractivity contribution in [1.29, 1.82) is 10.5 Å². The molecule has 0 bridgehead atoms. The van der Waals surface area contributed by atoms with Crippen molar-refractivity contribution in [2.75, 3.05) is 0 Å². The van der Waals surface area contributed by atoms with Gasteiger partial charge in [-0.25, -0.2) is 0 Å². The Balaban J connectivity index is 0. The van der Waals surface area contributed by atoms with Gasteiger partial charge in [-0.2, -0.15) is 10.5 Å². The van der Waals surface area contributed by atoms with E-state index < -0.39 is 16.5 Å². The van der Waals surface area contributed by atoms with Gasteiger partial charge < -0.3 is 4.11 Å². The largest absolute Gasteiger partial charge is 0.314 e. The third-order valence-corrected chi connectivity index (χ3v) is 5.67. The highest BCUT2D eigenvalue weighted by Gasteiger charge is 2.18. The van der Waals surface area contributed by atoms with Crippen LogP contribution in [-0.4, -0.2) is 16.5 Å². The highest BCUT2D eigenvalue weighted by atomic mass is 28.4. The van der Waals surface area contributed by atoms with Crippen molar-refractivity contribution < 1.29 is 4.11 Å². The van der Waals surface area contributed by atoms with Crippen LogP contribution in [0.1, 0.15) is 25.7 Å². The van der Waals surface area contributed by atoms with Gasteiger partial charge in [0.05, 0.1) is 12.1 Å². The summed E-state index contributed by atoms with van der Waals surface area (Å²) in [5.41, 5.74) is 0. The van der Waals surface area contributed by atoms with E-state index in [9.17, 15) is 4.11 Å². The van der Waals surface area contributed by atoms with Gasteiger partial charge in [-0.15, -0.1) is 0 Å². The summed E-state index contributed by atoms with van der Waals surface area (Å²) < 4.78 is 12.7. The average Bonchev–Trinajstić information content (AvgIpc) is 2.16. The predicted molar refractivity (Wildman–Crippen MR) is 81.2 cm³/mol. The van der Waals surface area contributed by atoms with Crippen LogP contribution in [-0.2, 0) is 0 Å². The van der Waals surface area contributed by atoms with Gasteiger partial charge in [0.25, 0.3) is 0 Å². The van der Waals surface area contributed by atoms with Gasteiger partial charge in [0.15, 0.2) is 0 Å². The van der Waals surface area contributed by atoms with Gasteiger partial charge in [0.2, 0.25) is 8.41 Å². The molecule has 0 atom stereocenters. The molecule has 0 aliphatic heterocycles. The molecule has 0 aromatic heterocycles. The molecule has 0 amide bonds. The molecular weight excluding hydrogens is 259 g/mol. The predicted octanol–water partition coefficient (Wildman–Crippen LogP) is 5.09. The topological polar surface area (TPSA) is 47.6 Å². The molecule has 0 rings (SSSR count). The summed E-state index contributed by atoms with van der Waals surface area (Å²) >= 11 is 0. The maximum Gasteiger partial charge on any atom is 0.241 e. The monoisotopic (exact) mass is 286 g/mol. The highest BCUT2D eigenvalue weighted by molar-refractivity contribution is 6.76. The van der Waals surface area contributed by atoms with Crippen molar-refractivity contribution >= 4 is 16.5 Å². The van der Waals surface area contributed by atoms with Crippen molar-refractivity contribution in [3.05, 3.63) is 0 Å². The first kappa shape index (κ1) is 19.7. The third-order valence-electron chi connectivity index (χ3n) is 2.28. The molecule has 2 nitrogen and oxygen atoms in total. The number of hydrogen-bond donors (Lipinski definition) is 0. The van der Waals surface area contributed by atoms with Crippen LogP contribution in [0.15, 0.2) is 0 Å². The summed E-state index contributed by atoms with van der Waals surface area (Å²) in [5.74, 6) is 0. The number of nitriles is 2. The van der Waals surface area contributed by atoms with Crippen LogP contribution in [0.4, 0.5) is 4.11 Å². The molecule has 0 radical (unpaired) electrons. The zero-order valence-corrected chi connectivity index (χ0v) is 14.5. The lowest BCUT2D eigenvalue weighted by Gasteiger charge is -2.13. The third kappa shape index (κ3) is 24.5. The summed E-state index contributed by atoms with van der Waals surface area (Å²) in [6.45, 7) is 10.4. The molecule has 0 saturated carbocycles. The van der Waals surface area contributed by atoms with Crippen LogP contribution in [0.3, 0.4) is 0 Å². The fourth-order valence-electron chi connectivity index (χ4n) is 1.29. The Morgan fingerprint density at radius 1 is 0.833 bits per heavy atom. The Bertz CT molecular complexity index is 249. The molecule has 0 aromatic rings. The molecule has 0 heterocycles. The minimum Gasteiger partial charge on any atom is -0.314 e. The zero-order chi connectivity index (χ0) is 14.7. The number of rotatable bonds is 6. The second kappa shape index (κ2) is 10.3. The van der Waals surface area contributed by atoms with E-state index in [1.807, 2.05) is 6.07 Å². The van der Waals surface area contributed by atoms with E-state index in [-0.39, 0.29) is 0 Å². The van der Waals surface area contributed by atoms with Crippen molar-refractivity contribution in [3.63, 3.8) is 0 Å². The SMILES string of the molecule is C[Si](C)(C)CCCC#N.C[Si](C)(F)CCCC#N. The van der Waals surface area contributed by atoms with Crippen LogP contribution in [0.25, 0.3) is 0 Å². The van der Waals surface area contributed by atoms with Gasteiger partial charge in [-0.3, -0.25) is 0 Å². The van der Waals surface area contributed by atoms with Gasteiger partial charge in [-0.1, -0.05) is 25.7 Å². The maximum absolute atomic E-state index is 12.7. The van der Waals surface area contributed by atoms with E-state index >= 15 is 0 Å². The van der Waals surface area contributed by atoms with Gasteiger partial charge in [0, 0.05) is 20.9 Å². The first-order valence-electron chi connectivity index (χ1n) is 6.55. The molecule has 0 aromatic carbocycles. The molecule has 18 heavy (non-hydrogen) atoms. The summed E-state index contributed by atoms with van der Waals surface area (Å²) in [4.78, 5) is 0. The van der Waals surface area contributed by atoms with Gasteiger partial charge >= 0.3 is 0 Å². The Labute approximate surface area is 114 Å². The van der Waals surface area contributed by atoms with Crippen molar-refractivity contribution in [2.24, 2.45) is 0 Å². The van der Waals surface area contributed by atoms with Crippen LogP contribution >= 0.6 is 0 Å². The molecule has 0 N–H and O–H groups in total. The lowest BCUT2D eigenvalue weighted by atomic mass is 10.4. The van der Waals surface area contributed by atoms with E-state index in [0.717, 1.165) is 19.3 Å². The molecule has 104 valence electrons. The molecule has 0 spiro atoms. The lowest BCUT2D eigenvalue weighted by Crippen LogP contribution is -2.18. The van der Waals surface area contributed by atoms with Crippen molar-refractivity contribution in [2.45, 2.75) is 70.5 Å². The first-order chi connectivity index (χ1) is 8.12. The van der Waals surface area contributed by atoms with Crippen LogP contribution < -0.4 is 0 Å². The zero-order valence-electron chi connectivity index (χ0n) is 12.5. The summed E-state index contributed by atoms with van der Waals surface area (Å²) in [6.07, 6.45) is 3.07. The van der Waals surface area contributed by atoms with Crippen LogP contribution in [0.5, 0.6) is 0 Å². The number of halogens is 1. The first-order valence-corrected chi connectivity index (χ1v) is 13.3. The molecular formula is C13H27FN2Si2. The standard InChI is InChI=1S/C7H15NSi.C6H12FNSi/c1-9(2,3)7-5-4-6-8;1-9(2,7)6-4-3-5-8/h4-5,7H2,1-3H3;3-4,6H2,1-2H3. The highest BCUT2D eigenvalue weighted by Crippen LogP contribution is 2.13.